The summed E-state index contributed by atoms with van der Waals surface area (Å²) in [5.41, 5.74) is 2.40. The third-order valence-corrected chi connectivity index (χ3v) is 3.94. The number of hydrazone groups is 1. The summed E-state index contributed by atoms with van der Waals surface area (Å²) >= 11 is 5.77. The highest BCUT2D eigenvalue weighted by molar-refractivity contribution is 6.30. The van der Waals surface area contributed by atoms with E-state index in [-0.39, 0.29) is 12.5 Å². The number of hydrogen-bond acceptors (Lipinski definition) is 4. The predicted molar refractivity (Wildman–Crippen MR) is 87.9 cm³/mol. The summed E-state index contributed by atoms with van der Waals surface area (Å²) in [6.45, 7) is 2.07. The van der Waals surface area contributed by atoms with E-state index in [2.05, 4.69) is 17.5 Å². The van der Waals surface area contributed by atoms with Gasteiger partial charge in [-0.2, -0.15) is 5.10 Å². The standard InChI is InChI=1S/C17H17ClN2O3/c1-11-8-15(11)16-7-6-14(23-16)9-19-20-17(21)10-22-13-4-2-12(18)3-5-13/h2-7,9,11,15H,8,10H2,1H3,(H,20,21)/b19-9-/t11-,15-/m0/s1. The molecule has 2 atom stereocenters. The maximum Gasteiger partial charge on any atom is 0.277 e. The number of halogens is 1. The minimum atomic E-state index is -0.348. The van der Waals surface area contributed by atoms with Gasteiger partial charge in [-0.3, -0.25) is 4.79 Å². The maximum absolute atomic E-state index is 11.6. The van der Waals surface area contributed by atoms with Crippen LogP contribution >= 0.6 is 11.6 Å². The van der Waals surface area contributed by atoms with Crippen LogP contribution in [0.4, 0.5) is 0 Å². The number of amides is 1. The summed E-state index contributed by atoms with van der Waals surface area (Å²) < 4.78 is 11.0. The Hall–Kier alpha value is -2.27. The van der Waals surface area contributed by atoms with Crippen LogP contribution in [0.25, 0.3) is 0 Å². The monoisotopic (exact) mass is 332 g/mol. The van der Waals surface area contributed by atoms with E-state index in [1.54, 1.807) is 24.3 Å². The fourth-order valence-electron chi connectivity index (χ4n) is 2.24. The van der Waals surface area contributed by atoms with Crippen LogP contribution in [-0.4, -0.2) is 18.7 Å². The highest BCUT2D eigenvalue weighted by Crippen LogP contribution is 2.47. The lowest BCUT2D eigenvalue weighted by Gasteiger charge is -2.04. The lowest BCUT2D eigenvalue weighted by Crippen LogP contribution is -2.24. The molecule has 0 spiro atoms. The molecule has 1 N–H and O–H groups in total. The van der Waals surface area contributed by atoms with Crippen LogP contribution in [0, 0.1) is 5.92 Å². The second-order valence-corrected chi connectivity index (χ2v) is 6.03. The van der Waals surface area contributed by atoms with Crippen LogP contribution in [0.1, 0.15) is 30.8 Å². The summed E-state index contributed by atoms with van der Waals surface area (Å²) in [5, 5.41) is 4.48. The number of furan rings is 1. The second-order valence-electron chi connectivity index (χ2n) is 5.60. The normalized spacial score (nSPS) is 19.7. The molecule has 1 heterocycles. The van der Waals surface area contributed by atoms with Crippen molar-refractivity contribution in [1.29, 1.82) is 0 Å². The van der Waals surface area contributed by atoms with E-state index >= 15 is 0 Å². The van der Waals surface area contributed by atoms with Crippen molar-refractivity contribution in [2.75, 3.05) is 6.61 Å². The summed E-state index contributed by atoms with van der Waals surface area (Å²) in [6.07, 6.45) is 2.65. The first kappa shape index (κ1) is 15.6. The van der Waals surface area contributed by atoms with Crippen molar-refractivity contribution in [3.8, 4) is 5.75 Å². The smallest absolute Gasteiger partial charge is 0.277 e. The summed E-state index contributed by atoms with van der Waals surface area (Å²) in [7, 11) is 0. The number of rotatable bonds is 6. The number of carbonyl (C=O) groups is 1. The summed E-state index contributed by atoms with van der Waals surface area (Å²) in [6, 6.07) is 10.6. The number of ether oxygens (including phenoxy) is 1. The SMILES string of the molecule is C[C@H]1C[C@@H]1c1ccc(/C=N\NC(=O)COc2ccc(Cl)cc2)o1. The average Bonchev–Trinajstić information content (AvgIpc) is 3.08. The third-order valence-electron chi connectivity index (χ3n) is 3.69. The maximum atomic E-state index is 11.6. The molecule has 6 heteroatoms. The number of carbonyl (C=O) groups excluding carboxylic acids is 1. The lowest BCUT2D eigenvalue weighted by molar-refractivity contribution is -0.123. The van der Waals surface area contributed by atoms with Crippen LogP contribution in [0.3, 0.4) is 0 Å². The molecule has 0 bridgehead atoms. The number of nitrogens with one attached hydrogen (secondary N) is 1. The van der Waals surface area contributed by atoms with E-state index < -0.39 is 0 Å². The fraction of sp³-hybridized carbons (Fsp3) is 0.294. The Morgan fingerprint density at radius 2 is 2.13 bits per heavy atom. The highest BCUT2D eigenvalue weighted by Gasteiger charge is 2.36. The third kappa shape index (κ3) is 4.36. The Balaban J connectivity index is 1.43. The van der Waals surface area contributed by atoms with E-state index in [9.17, 15) is 4.79 Å². The molecule has 1 aromatic carbocycles. The molecular weight excluding hydrogens is 316 g/mol. The molecule has 1 amide bonds. The van der Waals surface area contributed by atoms with Crippen LogP contribution in [0.15, 0.2) is 45.9 Å². The van der Waals surface area contributed by atoms with E-state index in [0.717, 1.165) is 5.76 Å². The topological polar surface area (TPSA) is 63.8 Å². The van der Waals surface area contributed by atoms with Crippen LogP contribution < -0.4 is 10.2 Å². The van der Waals surface area contributed by atoms with Crippen molar-refractivity contribution >= 4 is 23.7 Å². The Labute approximate surface area is 139 Å². The Bertz CT molecular complexity index is 709. The molecule has 1 saturated carbocycles. The number of benzene rings is 1. The van der Waals surface area contributed by atoms with Gasteiger partial charge in [0.25, 0.3) is 5.91 Å². The van der Waals surface area contributed by atoms with Gasteiger partial charge in [0.1, 0.15) is 17.3 Å². The van der Waals surface area contributed by atoms with Gasteiger partial charge in [-0.05, 0) is 48.7 Å². The molecule has 0 saturated heterocycles. The van der Waals surface area contributed by atoms with Gasteiger partial charge in [0.15, 0.2) is 6.61 Å². The van der Waals surface area contributed by atoms with Gasteiger partial charge in [-0.25, -0.2) is 5.43 Å². The molecule has 120 valence electrons. The minimum absolute atomic E-state index is 0.123. The molecule has 0 radical (unpaired) electrons. The lowest BCUT2D eigenvalue weighted by atomic mass is 10.3. The Morgan fingerprint density at radius 1 is 1.39 bits per heavy atom. The molecule has 5 nitrogen and oxygen atoms in total. The van der Waals surface area contributed by atoms with E-state index in [1.807, 2.05) is 12.1 Å². The number of nitrogens with zero attached hydrogens (tertiary/aromatic N) is 1. The molecule has 1 fully saturated rings. The Morgan fingerprint density at radius 3 is 2.83 bits per heavy atom. The van der Waals surface area contributed by atoms with Crippen molar-refractivity contribution in [3.63, 3.8) is 0 Å². The molecule has 2 aromatic rings. The van der Waals surface area contributed by atoms with Gasteiger partial charge in [0.05, 0.1) is 6.21 Å². The van der Waals surface area contributed by atoms with E-state index in [1.165, 1.54) is 12.6 Å². The van der Waals surface area contributed by atoms with Crippen LogP contribution in [-0.2, 0) is 4.79 Å². The first-order valence-corrected chi connectivity index (χ1v) is 7.79. The van der Waals surface area contributed by atoms with Crippen molar-refractivity contribution in [2.45, 2.75) is 19.3 Å². The Kier molecular flexibility index (Phi) is 4.67. The molecule has 0 aliphatic heterocycles. The van der Waals surface area contributed by atoms with Gasteiger partial charge >= 0.3 is 0 Å². The highest BCUT2D eigenvalue weighted by atomic mass is 35.5. The average molecular weight is 333 g/mol. The number of hydrogen-bond donors (Lipinski definition) is 1. The van der Waals surface area contributed by atoms with Crippen molar-refractivity contribution in [2.24, 2.45) is 11.0 Å². The predicted octanol–water partition coefficient (Wildman–Crippen LogP) is 3.59. The van der Waals surface area contributed by atoms with Crippen molar-refractivity contribution in [1.82, 2.24) is 5.43 Å². The molecule has 3 rings (SSSR count). The van der Waals surface area contributed by atoms with Crippen LogP contribution in [0.5, 0.6) is 5.75 Å². The molecular formula is C17H17ClN2O3. The van der Waals surface area contributed by atoms with Gasteiger partial charge in [-0.1, -0.05) is 18.5 Å². The first-order chi connectivity index (χ1) is 11.1. The van der Waals surface area contributed by atoms with Gasteiger partial charge in [0.2, 0.25) is 0 Å². The van der Waals surface area contributed by atoms with E-state index in [4.69, 9.17) is 20.8 Å². The molecule has 23 heavy (non-hydrogen) atoms. The summed E-state index contributed by atoms with van der Waals surface area (Å²) in [5.74, 6) is 3.05. The molecule has 0 unspecified atom stereocenters. The zero-order chi connectivity index (χ0) is 16.2. The minimum Gasteiger partial charge on any atom is -0.484 e. The second kappa shape index (κ2) is 6.87. The van der Waals surface area contributed by atoms with Gasteiger partial charge in [-0.15, -0.1) is 0 Å². The zero-order valence-corrected chi connectivity index (χ0v) is 13.4. The first-order valence-electron chi connectivity index (χ1n) is 7.42. The van der Waals surface area contributed by atoms with Gasteiger partial charge in [0, 0.05) is 10.9 Å². The quantitative estimate of drug-likeness (QED) is 0.649. The van der Waals surface area contributed by atoms with E-state index in [0.29, 0.717) is 28.4 Å². The zero-order valence-electron chi connectivity index (χ0n) is 12.7. The van der Waals surface area contributed by atoms with Gasteiger partial charge < -0.3 is 9.15 Å². The molecule has 1 aliphatic rings. The fourth-order valence-corrected chi connectivity index (χ4v) is 2.36. The van der Waals surface area contributed by atoms with Crippen molar-refractivity contribution in [3.05, 3.63) is 52.9 Å². The van der Waals surface area contributed by atoms with Crippen LogP contribution in [0.2, 0.25) is 5.02 Å². The summed E-state index contributed by atoms with van der Waals surface area (Å²) in [4.78, 5) is 11.6. The largest absolute Gasteiger partial charge is 0.484 e. The molecule has 1 aliphatic carbocycles. The molecule has 1 aromatic heterocycles. The van der Waals surface area contributed by atoms with Crippen molar-refractivity contribution < 1.29 is 13.9 Å².